The molecule has 1 N–H and O–H groups in total. The molecule has 0 amide bonds. The Morgan fingerprint density at radius 3 is 2.83 bits per heavy atom. The molecule has 1 fully saturated rings. The Kier molecular flexibility index (Phi) is 3.99. The van der Waals surface area contributed by atoms with Gasteiger partial charge in [0, 0.05) is 16.6 Å². The molecule has 0 bridgehead atoms. The number of morpholine rings is 1. The summed E-state index contributed by atoms with van der Waals surface area (Å²) in [4.78, 5) is 21.1. The van der Waals surface area contributed by atoms with Crippen molar-refractivity contribution in [1.82, 2.24) is 9.38 Å². The monoisotopic (exact) mass is 334 g/mol. The maximum Gasteiger partial charge on any atom is 0.259 e. The Labute approximate surface area is 139 Å². The molecule has 3 heterocycles. The molecule has 1 aliphatic carbocycles. The van der Waals surface area contributed by atoms with Gasteiger partial charge in [0.2, 0.25) is 0 Å². The standard InChI is InChI=1S/C17H23N3O2S/c1-11-8-19(9-12(2)22-11)10-13-7-16(21)20-14-5-3-4-6-15(14)23-17(20)18-13/h7,11-12H,3-6,8-10H2,1-2H3/p+1/t11-,12-/m0/s1. The summed E-state index contributed by atoms with van der Waals surface area (Å²) in [5.41, 5.74) is 2.23. The van der Waals surface area contributed by atoms with Crippen molar-refractivity contribution >= 4 is 16.3 Å². The third kappa shape index (κ3) is 2.95. The Morgan fingerprint density at radius 2 is 2.04 bits per heavy atom. The molecular weight excluding hydrogens is 310 g/mol. The number of quaternary nitrogens is 1. The van der Waals surface area contributed by atoms with Gasteiger partial charge < -0.3 is 9.64 Å². The van der Waals surface area contributed by atoms with Crippen molar-refractivity contribution in [3.05, 3.63) is 32.7 Å². The summed E-state index contributed by atoms with van der Waals surface area (Å²) >= 11 is 1.71. The fourth-order valence-corrected chi connectivity index (χ4v) is 5.25. The first-order chi connectivity index (χ1) is 11.1. The van der Waals surface area contributed by atoms with Crippen LogP contribution in [-0.4, -0.2) is 34.7 Å². The summed E-state index contributed by atoms with van der Waals surface area (Å²) in [6.07, 6.45) is 5.07. The highest BCUT2D eigenvalue weighted by atomic mass is 32.1. The van der Waals surface area contributed by atoms with Crippen LogP contribution in [-0.2, 0) is 24.1 Å². The van der Waals surface area contributed by atoms with Crippen molar-refractivity contribution in [3.63, 3.8) is 0 Å². The van der Waals surface area contributed by atoms with E-state index in [1.165, 1.54) is 28.3 Å². The predicted octanol–water partition coefficient (Wildman–Crippen LogP) is 0.827. The number of rotatable bonds is 2. The molecule has 0 aromatic carbocycles. The zero-order valence-corrected chi connectivity index (χ0v) is 14.6. The molecular formula is C17H24N3O2S+. The van der Waals surface area contributed by atoms with E-state index in [2.05, 4.69) is 13.8 Å². The number of nitrogens with zero attached hydrogens (tertiary/aromatic N) is 2. The molecule has 0 radical (unpaired) electrons. The van der Waals surface area contributed by atoms with E-state index in [1.807, 2.05) is 4.40 Å². The van der Waals surface area contributed by atoms with Crippen molar-refractivity contribution in [2.75, 3.05) is 13.1 Å². The van der Waals surface area contributed by atoms with Crippen LogP contribution < -0.4 is 10.5 Å². The van der Waals surface area contributed by atoms with Crippen LogP contribution in [0.3, 0.4) is 0 Å². The van der Waals surface area contributed by atoms with Gasteiger partial charge in [-0.1, -0.05) is 0 Å². The third-order valence-corrected chi connectivity index (χ3v) is 6.01. The minimum Gasteiger partial charge on any atom is -0.364 e. The van der Waals surface area contributed by atoms with Gasteiger partial charge in [-0.3, -0.25) is 9.20 Å². The second kappa shape index (κ2) is 6.00. The van der Waals surface area contributed by atoms with Gasteiger partial charge in [-0.15, -0.1) is 11.3 Å². The molecule has 124 valence electrons. The van der Waals surface area contributed by atoms with E-state index in [-0.39, 0.29) is 17.8 Å². The van der Waals surface area contributed by atoms with E-state index < -0.39 is 0 Å². The summed E-state index contributed by atoms with van der Waals surface area (Å²) in [6, 6.07) is 1.74. The Balaban J connectivity index is 1.65. The van der Waals surface area contributed by atoms with Crippen molar-refractivity contribution < 1.29 is 9.64 Å². The lowest BCUT2D eigenvalue weighted by atomic mass is 10.0. The van der Waals surface area contributed by atoms with Crippen LogP contribution in [0.25, 0.3) is 4.96 Å². The smallest absolute Gasteiger partial charge is 0.259 e. The van der Waals surface area contributed by atoms with Crippen LogP contribution in [0, 0.1) is 0 Å². The van der Waals surface area contributed by atoms with Crippen molar-refractivity contribution in [3.8, 4) is 0 Å². The summed E-state index contributed by atoms with van der Waals surface area (Å²) in [5.74, 6) is 0. The van der Waals surface area contributed by atoms with E-state index in [4.69, 9.17) is 9.72 Å². The molecule has 2 aromatic heterocycles. The highest BCUT2D eigenvalue weighted by Crippen LogP contribution is 2.28. The van der Waals surface area contributed by atoms with Crippen LogP contribution >= 0.6 is 11.3 Å². The molecule has 6 heteroatoms. The lowest BCUT2D eigenvalue weighted by Crippen LogP contribution is -3.14. The molecule has 1 aliphatic heterocycles. The van der Waals surface area contributed by atoms with E-state index in [0.29, 0.717) is 0 Å². The first kappa shape index (κ1) is 15.3. The second-order valence-electron chi connectivity index (χ2n) is 6.98. The quantitative estimate of drug-likeness (QED) is 0.885. The zero-order valence-electron chi connectivity index (χ0n) is 13.8. The van der Waals surface area contributed by atoms with E-state index in [9.17, 15) is 4.79 Å². The van der Waals surface area contributed by atoms with Crippen molar-refractivity contribution in [1.29, 1.82) is 0 Å². The minimum atomic E-state index is 0.0955. The molecule has 2 aromatic rings. The van der Waals surface area contributed by atoms with Gasteiger partial charge in [-0.25, -0.2) is 4.98 Å². The largest absolute Gasteiger partial charge is 0.364 e. The normalized spacial score (nSPS) is 28.0. The molecule has 4 rings (SSSR count). The second-order valence-corrected chi connectivity index (χ2v) is 8.04. The predicted molar refractivity (Wildman–Crippen MR) is 90.4 cm³/mol. The van der Waals surface area contributed by atoms with Crippen molar-refractivity contribution in [2.24, 2.45) is 0 Å². The molecule has 2 atom stereocenters. The van der Waals surface area contributed by atoms with Gasteiger partial charge in [0.1, 0.15) is 37.5 Å². The van der Waals surface area contributed by atoms with Crippen LogP contribution in [0.4, 0.5) is 0 Å². The Morgan fingerprint density at radius 1 is 1.30 bits per heavy atom. The highest BCUT2D eigenvalue weighted by Gasteiger charge is 2.26. The first-order valence-electron chi connectivity index (χ1n) is 8.62. The molecule has 23 heavy (non-hydrogen) atoms. The molecule has 2 aliphatic rings. The van der Waals surface area contributed by atoms with Gasteiger partial charge in [0.15, 0.2) is 4.96 Å². The van der Waals surface area contributed by atoms with Crippen molar-refractivity contribution in [2.45, 2.75) is 58.3 Å². The summed E-state index contributed by atoms with van der Waals surface area (Å²) in [7, 11) is 0. The number of nitrogens with one attached hydrogen (secondary N) is 1. The zero-order chi connectivity index (χ0) is 16.0. The number of fused-ring (bicyclic) bond motifs is 3. The van der Waals surface area contributed by atoms with Gasteiger partial charge >= 0.3 is 0 Å². The average Bonchev–Trinajstić information content (AvgIpc) is 2.84. The van der Waals surface area contributed by atoms with E-state index in [0.717, 1.165) is 43.1 Å². The molecule has 1 saturated heterocycles. The summed E-state index contributed by atoms with van der Waals surface area (Å²) in [5, 5.41) is 0. The van der Waals surface area contributed by atoms with E-state index in [1.54, 1.807) is 17.4 Å². The lowest BCUT2D eigenvalue weighted by Gasteiger charge is -2.32. The first-order valence-corrected chi connectivity index (χ1v) is 9.44. The van der Waals surface area contributed by atoms with Crippen LogP contribution in [0.5, 0.6) is 0 Å². The number of aromatic nitrogens is 2. The number of hydrogen-bond acceptors (Lipinski definition) is 4. The molecule has 0 unspecified atom stereocenters. The fourth-order valence-electron chi connectivity index (χ4n) is 4.02. The number of aryl methyl sites for hydroxylation is 2. The lowest BCUT2D eigenvalue weighted by molar-refractivity contribution is -0.928. The Hall–Kier alpha value is -1.24. The van der Waals surface area contributed by atoms with Crippen LogP contribution in [0.2, 0.25) is 0 Å². The summed E-state index contributed by atoms with van der Waals surface area (Å²) < 4.78 is 7.65. The molecule has 0 spiro atoms. The number of ether oxygens (including phenoxy) is 1. The van der Waals surface area contributed by atoms with Gasteiger partial charge in [0.05, 0.1) is 0 Å². The third-order valence-electron chi connectivity index (χ3n) is 4.86. The number of hydrogen-bond donors (Lipinski definition) is 1. The topological polar surface area (TPSA) is 48.0 Å². The minimum absolute atomic E-state index is 0.0955. The van der Waals surface area contributed by atoms with Gasteiger partial charge in [0.25, 0.3) is 5.56 Å². The van der Waals surface area contributed by atoms with Crippen LogP contribution in [0.15, 0.2) is 10.9 Å². The fraction of sp³-hybridized carbons (Fsp3) is 0.647. The number of thiazole rings is 1. The highest BCUT2D eigenvalue weighted by molar-refractivity contribution is 7.17. The Bertz CT molecular complexity index is 772. The summed E-state index contributed by atoms with van der Waals surface area (Å²) in [6.45, 7) is 7.01. The SMILES string of the molecule is C[C@H]1C[NH+](Cc2cc(=O)n3c4c(sc3n2)CCCC4)C[C@H](C)O1. The maximum absolute atomic E-state index is 12.6. The van der Waals surface area contributed by atoms with E-state index >= 15 is 0 Å². The van der Waals surface area contributed by atoms with Crippen LogP contribution in [0.1, 0.15) is 43.0 Å². The van der Waals surface area contributed by atoms with Gasteiger partial charge in [-0.05, 0) is 39.5 Å². The average molecular weight is 334 g/mol. The molecule has 5 nitrogen and oxygen atoms in total. The molecule has 0 saturated carbocycles. The van der Waals surface area contributed by atoms with Gasteiger partial charge in [-0.2, -0.15) is 0 Å². The maximum atomic E-state index is 12.6.